The summed E-state index contributed by atoms with van der Waals surface area (Å²) in [5.74, 6) is 0. The Morgan fingerprint density at radius 1 is 0.257 bits per heavy atom. The van der Waals surface area contributed by atoms with Crippen LogP contribution >= 0.6 is 0 Å². The van der Waals surface area contributed by atoms with Crippen molar-refractivity contribution in [3.05, 3.63) is 273 Å². The highest BCUT2D eigenvalue weighted by Crippen LogP contribution is 2.45. The lowest BCUT2D eigenvalue weighted by atomic mass is 9.89. The van der Waals surface area contributed by atoms with Crippen molar-refractivity contribution in [3.63, 3.8) is 0 Å². The number of aromatic nitrogens is 2. The van der Waals surface area contributed by atoms with Crippen LogP contribution in [-0.2, 0) is 0 Å². The summed E-state index contributed by atoms with van der Waals surface area (Å²) >= 11 is 0. The summed E-state index contributed by atoms with van der Waals surface area (Å²) < 4.78 is 11.3. The number of para-hydroxylation sites is 6. The van der Waals surface area contributed by atoms with Crippen LogP contribution in [0, 0.1) is 0 Å². The van der Waals surface area contributed by atoms with Gasteiger partial charge < -0.3 is 18.5 Å². The van der Waals surface area contributed by atoms with E-state index in [-0.39, 0.29) is 0 Å². The lowest BCUT2D eigenvalue weighted by Gasteiger charge is -2.26. The second-order valence-electron chi connectivity index (χ2n) is 19.3. The Labute approximate surface area is 427 Å². The second kappa shape index (κ2) is 16.9. The molecule has 15 aromatic rings. The summed E-state index contributed by atoms with van der Waals surface area (Å²) in [5.41, 5.74) is 18.8. The molecule has 0 bridgehead atoms. The summed E-state index contributed by atoms with van der Waals surface area (Å²) in [7, 11) is 0. The average molecular weight is 944 g/mol. The van der Waals surface area contributed by atoms with Gasteiger partial charge in [-0.3, -0.25) is 0 Å². The van der Waals surface area contributed by atoms with Crippen molar-refractivity contribution in [2.75, 3.05) is 4.90 Å². The largest absolute Gasteiger partial charge is 0.456 e. The number of furan rings is 1. The number of fused-ring (bicyclic) bond motifs is 11. The third-order valence-electron chi connectivity index (χ3n) is 15.0. The quantitative estimate of drug-likeness (QED) is 0.152. The minimum atomic E-state index is 0.859. The smallest absolute Gasteiger partial charge is 0.137 e. The first kappa shape index (κ1) is 41.8. The molecule has 15 rings (SSSR count). The third-order valence-corrected chi connectivity index (χ3v) is 15.0. The molecule has 4 heteroatoms. The van der Waals surface area contributed by atoms with E-state index in [1.807, 2.05) is 12.1 Å². The summed E-state index contributed by atoms with van der Waals surface area (Å²) in [5, 5.41) is 9.55. The zero-order valence-corrected chi connectivity index (χ0v) is 40.2. The Morgan fingerprint density at radius 2 is 0.770 bits per heavy atom. The lowest BCUT2D eigenvalue weighted by Crippen LogP contribution is -2.09. The van der Waals surface area contributed by atoms with Crippen molar-refractivity contribution in [1.82, 2.24) is 9.13 Å². The van der Waals surface area contributed by atoms with Gasteiger partial charge in [-0.1, -0.05) is 158 Å². The number of nitrogens with zero attached hydrogens (tertiary/aromatic N) is 3. The van der Waals surface area contributed by atoms with Crippen molar-refractivity contribution in [3.8, 4) is 44.8 Å². The maximum Gasteiger partial charge on any atom is 0.137 e. The summed E-state index contributed by atoms with van der Waals surface area (Å²) in [6, 6.07) is 99.2. The predicted octanol–water partition coefficient (Wildman–Crippen LogP) is 19.4. The van der Waals surface area contributed by atoms with E-state index in [4.69, 9.17) is 4.42 Å². The first-order valence-electron chi connectivity index (χ1n) is 25.3. The molecule has 3 aromatic heterocycles. The Bertz CT molecular complexity index is 4660. The summed E-state index contributed by atoms with van der Waals surface area (Å²) in [6.45, 7) is 0. The number of hydrogen-bond donors (Lipinski definition) is 0. The molecule has 0 atom stereocenters. The molecule has 0 fully saturated rings. The lowest BCUT2D eigenvalue weighted by molar-refractivity contribution is 0.669. The van der Waals surface area contributed by atoms with Gasteiger partial charge in [0.15, 0.2) is 0 Å². The van der Waals surface area contributed by atoms with Gasteiger partial charge in [0, 0.05) is 72.2 Å². The van der Waals surface area contributed by atoms with Crippen LogP contribution in [0.3, 0.4) is 0 Å². The van der Waals surface area contributed by atoms with Gasteiger partial charge in [-0.15, -0.1) is 0 Å². The highest BCUT2D eigenvalue weighted by molar-refractivity contribution is 6.22. The zero-order valence-electron chi connectivity index (χ0n) is 40.2. The molecule has 0 unspecified atom stereocenters. The summed E-state index contributed by atoms with van der Waals surface area (Å²) in [4.78, 5) is 2.33. The second-order valence-corrected chi connectivity index (χ2v) is 19.3. The molecule has 346 valence electrons. The molecular weight excluding hydrogens is 899 g/mol. The number of benzene rings is 12. The van der Waals surface area contributed by atoms with Crippen LogP contribution in [-0.4, -0.2) is 9.13 Å². The van der Waals surface area contributed by atoms with Gasteiger partial charge in [-0.05, 0) is 148 Å². The standard InChI is InChI=1S/C70H45N3O/c1-4-20-51(21-5-1)71(55-36-38-61-60-30-14-17-34-68(60)74-69(61)44-55)54-26-18-19-46(42-54)48-39-49(47-35-37-59-57-28-12-15-32-65(57)72(67(59)43-47)52-22-6-2-7-23-52)41-50(40-48)63-45-64-58-29-13-16-33-66(58)73(53-24-8-3-9-25-53)70(64)62-31-11-10-27-56(62)63/h1-45H. The SMILES string of the molecule is c1ccc(N(c2cccc(-c3cc(-c4ccc5c6ccccc6n(-c6ccccc6)c5c4)cc(-c4cc5c6ccccc6n(-c6ccccc6)c5c5ccccc45)c3)c2)c2ccc3c(c2)oc2ccccc23)cc1. The van der Waals surface area contributed by atoms with E-state index in [9.17, 15) is 0 Å². The molecule has 74 heavy (non-hydrogen) atoms. The minimum Gasteiger partial charge on any atom is -0.456 e. The first-order chi connectivity index (χ1) is 36.7. The Kier molecular flexibility index (Phi) is 9.54. The highest BCUT2D eigenvalue weighted by Gasteiger charge is 2.21. The third kappa shape index (κ3) is 6.69. The fourth-order valence-corrected chi connectivity index (χ4v) is 11.7. The topological polar surface area (TPSA) is 26.2 Å². The van der Waals surface area contributed by atoms with Gasteiger partial charge in [0.25, 0.3) is 0 Å². The number of rotatable bonds is 8. The molecule has 0 aliphatic carbocycles. The average Bonchev–Trinajstić information content (AvgIpc) is 4.14. The van der Waals surface area contributed by atoms with Gasteiger partial charge in [0.05, 0.1) is 22.1 Å². The van der Waals surface area contributed by atoms with E-state index in [2.05, 4.69) is 275 Å². The fraction of sp³-hybridized carbons (Fsp3) is 0. The van der Waals surface area contributed by atoms with Gasteiger partial charge in [0.1, 0.15) is 11.2 Å². The van der Waals surface area contributed by atoms with Crippen LogP contribution in [0.2, 0.25) is 0 Å². The molecule has 0 N–H and O–H groups in total. The molecule has 12 aromatic carbocycles. The molecular formula is C70H45N3O. The van der Waals surface area contributed by atoms with E-state index < -0.39 is 0 Å². The molecule has 0 saturated carbocycles. The van der Waals surface area contributed by atoms with Crippen molar-refractivity contribution < 1.29 is 4.42 Å². The first-order valence-corrected chi connectivity index (χ1v) is 25.3. The monoisotopic (exact) mass is 943 g/mol. The van der Waals surface area contributed by atoms with Crippen LogP contribution in [0.25, 0.3) is 121 Å². The van der Waals surface area contributed by atoms with Crippen LogP contribution < -0.4 is 4.90 Å². The van der Waals surface area contributed by atoms with Crippen LogP contribution in [0.4, 0.5) is 17.1 Å². The van der Waals surface area contributed by atoms with E-state index in [1.165, 1.54) is 59.9 Å². The molecule has 0 aliphatic rings. The van der Waals surface area contributed by atoms with Gasteiger partial charge >= 0.3 is 0 Å². The van der Waals surface area contributed by atoms with Crippen molar-refractivity contribution in [1.29, 1.82) is 0 Å². The molecule has 3 heterocycles. The maximum absolute atomic E-state index is 6.47. The van der Waals surface area contributed by atoms with Crippen molar-refractivity contribution >= 4 is 93.4 Å². The Morgan fingerprint density at radius 3 is 1.51 bits per heavy atom. The maximum atomic E-state index is 6.47. The van der Waals surface area contributed by atoms with E-state index in [0.29, 0.717) is 0 Å². The van der Waals surface area contributed by atoms with E-state index >= 15 is 0 Å². The molecule has 0 radical (unpaired) electrons. The predicted molar refractivity (Wildman–Crippen MR) is 311 cm³/mol. The number of hydrogen-bond acceptors (Lipinski definition) is 2. The van der Waals surface area contributed by atoms with E-state index in [1.54, 1.807) is 0 Å². The normalized spacial score (nSPS) is 11.8. The van der Waals surface area contributed by atoms with Gasteiger partial charge in [0.2, 0.25) is 0 Å². The summed E-state index contributed by atoms with van der Waals surface area (Å²) in [6.07, 6.45) is 0. The Hall–Kier alpha value is -9.90. The fourth-order valence-electron chi connectivity index (χ4n) is 11.7. The zero-order chi connectivity index (χ0) is 48.7. The molecule has 0 aliphatic heterocycles. The van der Waals surface area contributed by atoms with Crippen molar-refractivity contribution in [2.24, 2.45) is 0 Å². The Balaban J connectivity index is 0.972. The number of anilines is 3. The van der Waals surface area contributed by atoms with Gasteiger partial charge in [-0.25, -0.2) is 0 Å². The molecule has 0 saturated heterocycles. The van der Waals surface area contributed by atoms with Gasteiger partial charge in [-0.2, -0.15) is 0 Å². The molecule has 0 amide bonds. The minimum absolute atomic E-state index is 0.859. The van der Waals surface area contributed by atoms with E-state index in [0.717, 1.165) is 78.2 Å². The van der Waals surface area contributed by atoms with Crippen LogP contribution in [0.15, 0.2) is 277 Å². The highest BCUT2D eigenvalue weighted by atomic mass is 16.3. The van der Waals surface area contributed by atoms with Crippen molar-refractivity contribution in [2.45, 2.75) is 0 Å². The van der Waals surface area contributed by atoms with Crippen LogP contribution in [0.1, 0.15) is 0 Å². The molecule has 4 nitrogen and oxygen atoms in total. The molecule has 0 spiro atoms. The van der Waals surface area contributed by atoms with Crippen LogP contribution in [0.5, 0.6) is 0 Å².